The first-order valence-corrected chi connectivity index (χ1v) is 8.66. The minimum Gasteiger partial charge on any atom is -0.468 e. The maximum Gasteiger partial charge on any atom is 0.327 e. The number of carbonyl (C=O) groups is 1. The van der Waals surface area contributed by atoms with Crippen molar-refractivity contribution >= 4 is 39.1 Å². The molecule has 124 valence electrons. The van der Waals surface area contributed by atoms with Gasteiger partial charge in [0.05, 0.1) is 23.9 Å². The van der Waals surface area contributed by atoms with Crippen LogP contribution < -0.4 is 0 Å². The molecule has 1 atom stereocenters. The normalized spacial score (nSPS) is 12.5. The van der Waals surface area contributed by atoms with Crippen molar-refractivity contribution in [3.63, 3.8) is 0 Å². The lowest BCUT2D eigenvalue weighted by atomic mass is 10.1. The van der Waals surface area contributed by atoms with Crippen LogP contribution in [0.5, 0.6) is 0 Å². The Morgan fingerprint density at radius 2 is 1.96 bits per heavy atom. The van der Waals surface area contributed by atoms with Gasteiger partial charge in [0.1, 0.15) is 11.0 Å². The highest BCUT2D eigenvalue weighted by Gasteiger charge is 2.28. The smallest absolute Gasteiger partial charge is 0.327 e. The summed E-state index contributed by atoms with van der Waals surface area (Å²) in [5.41, 5.74) is 1.70. The number of esters is 1. The van der Waals surface area contributed by atoms with Crippen LogP contribution in [0.3, 0.4) is 0 Å². The van der Waals surface area contributed by atoms with Gasteiger partial charge in [-0.3, -0.25) is 4.90 Å². The predicted molar refractivity (Wildman–Crippen MR) is 97.3 cm³/mol. The summed E-state index contributed by atoms with van der Waals surface area (Å²) in [6.45, 7) is 0.532. The van der Waals surface area contributed by atoms with E-state index in [1.54, 1.807) is 17.4 Å². The molecule has 1 aromatic heterocycles. The van der Waals surface area contributed by atoms with Crippen molar-refractivity contribution in [2.45, 2.75) is 12.6 Å². The molecule has 0 aliphatic carbocycles. The van der Waals surface area contributed by atoms with Crippen LogP contribution in [0.2, 0.25) is 5.02 Å². The molecule has 0 aliphatic rings. The third-order valence-electron chi connectivity index (χ3n) is 3.79. The first-order valence-electron chi connectivity index (χ1n) is 7.47. The average molecular weight is 361 g/mol. The van der Waals surface area contributed by atoms with Crippen LogP contribution in [0.1, 0.15) is 16.6 Å². The van der Waals surface area contributed by atoms with Crippen LogP contribution in [-0.2, 0) is 16.1 Å². The van der Waals surface area contributed by atoms with Gasteiger partial charge in [-0.05, 0) is 30.8 Å². The third-order valence-corrected chi connectivity index (χ3v) is 5.15. The lowest BCUT2D eigenvalue weighted by molar-refractivity contribution is -0.147. The number of hydrogen-bond acceptors (Lipinski definition) is 5. The Hall–Kier alpha value is -1.95. The summed E-state index contributed by atoms with van der Waals surface area (Å²) in [6, 6.07) is 14.7. The molecule has 0 radical (unpaired) electrons. The molecule has 0 aliphatic heterocycles. The Morgan fingerprint density at radius 1 is 1.25 bits per heavy atom. The van der Waals surface area contributed by atoms with E-state index < -0.39 is 6.04 Å². The Bertz CT molecular complexity index is 832. The Labute approximate surface area is 149 Å². The van der Waals surface area contributed by atoms with Crippen molar-refractivity contribution < 1.29 is 9.53 Å². The number of likely N-dealkylation sites (N-methyl/N-ethyl adjacent to an activating group) is 1. The van der Waals surface area contributed by atoms with E-state index in [9.17, 15) is 4.79 Å². The molecule has 3 rings (SSSR count). The number of para-hydroxylation sites is 1. The molecule has 6 heteroatoms. The van der Waals surface area contributed by atoms with E-state index in [0.29, 0.717) is 11.6 Å². The van der Waals surface area contributed by atoms with E-state index in [4.69, 9.17) is 16.3 Å². The minimum atomic E-state index is -0.573. The second-order valence-corrected chi connectivity index (χ2v) is 6.96. The first-order chi connectivity index (χ1) is 11.6. The Balaban J connectivity index is 1.90. The number of nitrogens with zero attached hydrogens (tertiary/aromatic N) is 2. The van der Waals surface area contributed by atoms with Crippen LogP contribution in [0, 0.1) is 0 Å². The topological polar surface area (TPSA) is 42.4 Å². The molecule has 3 aromatic rings. The number of benzene rings is 2. The fraction of sp³-hybridized carbons (Fsp3) is 0.222. The molecule has 0 fully saturated rings. The van der Waals surface area contributed by atoms with Gasteiger partial charge in [-0.2, -0.15) is 0 Å². The summed E-state index contributed by atoms with van der Waals surface area (Å²) in [5.74, 6) is -0.341. The largest absolute Gasteiger partial charge is 0.468 e. The van der Waals surface area contributed by atoms with Gasteiger partial charge in [0.15, 0.2) is 0 Å². The predicted octanol–water partition coefficient (Wildman–Crippen LogP) is 4.30. The second-order valence-electron chi connectivity index (χ2n) is 5.44. The number of ether oxygens (including phenoxy) is 1. The van der Waals surface area contributed by atoms with E-state index in [0.717, 1.165) is 20.8 Å². The van der Waals surface area contributed by atoms with Gasteiger partial charge in [0.25, 0.3) is 0 Å². The van der Waals surface area contributed by atoms with E-state index >= 15 is 0 Å². The van der Waals surface area contributed by atoms with Crippen LogP contribution in [0.15, 0.2) is 48.5 Å². The number of carbonyl (C=O) groups excluding carboxylic acids is 1. The number of thiazole rings is 1. The zero-order valence-electron chi connectivity index (χ0n) is 13.4. The number of methoxy groups -OCH3 is 1. The lowest BCUT2D eigenvalue weighted by Crippen LogP contribution is -2.31. The number of halogens is 1. The van der Waals surface area contributed by atoms with Crippen molar-refractivity contribution in [2.75, 3.05) is 14.2 Å². The number of aromatic nitrogens is 1. The molecule has 4 nitrogen and oxygen atoms in total. The Morgan fingerprint density at radius 3 is 2.67 bits per heavy atom. The average Bonchev–Trinajstić information content (AvgIpc) is 2.98. The van der Waals surface area contributed by atoms with Gasteiger partial charge >= 0.3 is 5.97 Å². The summed E-state index contributed by atoms with van der Waals surface area (Å²) in [7, 11) is 3.26. The minimum absolute atomic E-state index is 0.341. The molecule has 0 spiro atoms. The van der Waals surface area contributed by atoms with Crippen molar-refractivity contribution in [3.8, 4) is 0 Å². The van der Waals surface area contributed by atoms with E-state index in [2.05, 4.69) is 4.98 Å². The molecular formula is C18H17ClN2O2S. The fourth-order valence-electron chi connectivity index (χ4n) is 2.65. The lowest BCUT2D eigenvalue weighted by Gasteiger charge is -2.26. The second kappa shape index (κ2) is 7.30. The molecule has 0 saturated heterocycles. The monoisotopic (exact) mass is 360 g/mol. The van der Waals surface area contributed by atoms with Crippen molar-refractivity contribution in [3.05, 3.63) is 64.1 Å². The molecule has 1 unspecified atom stereocenters. The van der Waals surface area contributed by atoms with E-state index in [-0.39, 0.29) is 5.97 Å². The van der Waals surface area contributed by atoms with Gasteiger partial charge in [0.2, 0.25) is 0 Å². The molecule has 0 amide bonds. The third kappa shape index (κ3) is 3.43. The summed E-state index contributed by atoms with van der Waals surface area (Å²) in [4.78, 5) is 18.9. The highest BCUT2D eigenvalue weighted by Crippen LogP contribution is 2.30. The van der Waals surface area contributed by atoms with Crippen molar-refractivity contribution in [2.24, 2.45) is 0 Å². The molecule has 0 bridgehead atoms. The molecule has 2 aromatic carbocycles. The molecule has 1 heterocycles. The summed E-state index contributed by atoms with van der Waals surface area (Å²) in [5, 5.41) is 1.49. The van der Waals surface area contributed by atoms with Crippen LogP contribution >= 0.6 is 22.9 Å². The highest BCUT2D eigenvalue weighted by molar-refractivity contribution is 7.18. The maximum atomic E-state index is 12.3. The molecule has 0 saturated carbocycles. The van der Waals surface area contributed by atoms with E-state index in [1.807, 2.05) is 54.4 Å². The van der Waals surface area contributed by atoms with Gasteiger partial charge in [-0.15, -0.1) is 11.3 Å². The van der Waals surface area contributed by atoms with Gasteiger partial charge in [0, 0.05) is 5.02 Å². The summed E-state index contributed by atoms with van der Waals surface area (Å²) in [6.07, 6.45) is 0. The van der Waals surface area contributed by atoms with Gasteiger partial charge in [-0.1, -0.05) is 41.9 Å². The Kier molecular flexibility index (Phi) is 5.14. The van der Waals surface area contributed by atoms with Crippen molar-refractivity contribution in [1.82, 2.24) is 9.88 Å². The zero-order valence-corrected chi connectivity index (χ0v) is 15.0. The molecule has 0 N–H and O–H groups in total. The number of rotatable bonds is 5. The summed E-state index contributed by atoms with van der Waals surface area (Å²) < 4.78 is 6.12. The number of fused-ring (bicyclic) bond motifs is 1. The number of hydrogen-bond donors (Lipinski definition) is 0. The van der Waals surface area contributed by atoms with Gasteiger partial charge in [-0.25, -0.2) is 9.78 Å². The van der Waals surface area contributed by atoms with E-state index in [1.165, 1.54) is 7.11 Å². The van der Waals surface area contributed by atoms with Crippen LogP contribution in [-0.4, -0.2) is 30.0 Å². The SMILES string of the molecule is COC(=O)C(c1ccccc1Cl)N(C)Cc1nc2ccccc2s1. The standard InChI is InChI=1S/C18H17ClN2O2S/c1-21(11-16-20-14-9-5-6-10-15(14)24-16)17(18(22)23-2)12-7-3-4-8-13(12)19/h3-10,17H,11H2,1-2H3. The van der Waals surface area contributed by atoms with Crippen molar-refractivity contribution in [1.29, 1.82) is 0 Å². The maximum absolute atomic E-state index is 12.3. The summed E-state index contributed by atoms with van der Waals surface area (Å²) >= 11 is 7.91. The first kappa shape index (κ1) is 16.9. The quantitative estimate of drug-likeness (QED) is 0.636. The van der Waals surface area contributed by atoms with Gasteiger partial charge < -0.3 is 4.74 Å². The molecular weight excluding hydrogens is 344 g/mol. The van der Waals surface area contributed by atoms with Crippen LogP contribution in [0.4, 0.5) is 0 Å². The fourth-order valence-corrected chi connectivity index (χ4v) is 3.91. The zero-order chi connectivity index (χ0) is 17.1. The molecule has 24 heavy (non-hydrogen) atoms. The highest BCUT2D eigenvalue weighted by atomic mass is 35.5. The van der Waals surface area contributed by atoms with Crippen LogP contribution in [0.25, 0.3) is 10.2 Å².